The molecule has 2 nitrogen and oxygen atoms in total. The molecule has 3 heteroatoms. The summed E-state index contributed by atoms with van der Waals surface area (Å²) in [6.07, 6.45) is 2.57. The van der Waals surface area contributed by atoms with Gasteiger partial charge >= 0.3 is 0 Å². The molecule has 0 aliphatic carbocycles. The fraction of sp³-hybridized carbons (Fsp3) is 0.750. The molecule has 0 spiro atoms. The standard InChI is InChI=1S/C16H28N2S/c1-5-7-14-11-18(13(2)10-17-14)12-16(3,4)15-8-6-9-19-15/h6,8-9,13-14,17H,5,7,10-12H2,1-4H3. The van der Waals surface area contributed by atoms with E-state index in [1.165, 1.54) is 24.3 Å². The van der Waals surface area contributed by atoms with Crippen LogP contribution in [0.15, 0.2) is 17.5 Å². The Morgan fingerprint density at radius 1 is 1.47 bits per heavy atom. The first kappa shape index (κ1) is 15.0. The summed E-state index contributed by atoms with van der Waals surface area (Å²) in [5, 5.41) is 5.87. The largest absolute Gasteiger partial charge is 0.311 e. The molecular formula is C16H28N2S. The molecule has 0 radical (unpaired) electrons. The van der Waals surface area contributed by atoms with Gasteiger partial charge in [0.15, 0.2) is 0 Å². The van der Waals surface area contributed by atoms with Crippen molar-refractivity contribution in [2.45, 2.75) is 58.0 Å². The van der Waals surface area contributed by atoms with Crippen LogP contribution < -0.4 is 5.32 Å². The molecule has 2 rings (SSSR count). The lowest BCUT2D eigenvalue weighted by Crippen LogP contribution is -2.57. The van der Waals surface area contributed by atoms with Crippen LogP contribution in [-0.2, 0) is 5.41 Å². The van der Waals surface area contributed by atoms with Gasteiger partial charge in [-0.05, 0) is 24.8 Å². The van der Waals surface area contributed by atoms with E-state index in [9.17, 15) is 0 Å². The SMILES string of the molecule is CCCC1CN(CC(C)(C)c2cccs2)C(C)CN1. The van der Waals surface area contributed by atoms with Crippen LogP contribution in [0.1, 0.15) is 45.4 Å². The minimum absolute atomic E-state index is 0.260. The van der Waals surface area contributed by atoms with Gasteiger partial charge in [-0.25, -0.2) is 0 Å². The van der Waals surface area contributed by atoms with Crippen LogP contribution in [0.25, 0.3) is 0 Å². The number of thiophene rings is 1. The lowest BCUT2D eigenvalue weighted by molar-refractivity contribution is 0.114. The summed E-state index contributed by atoms with van der Waals surface area (Å²) in [6.45, 7) is 12.9. The molecule has 19 heavy (non-hydrogen) atoms. The summed E-state index contributed by atoms with van der Waals surface area (Å²) < 4.78 is 0. The van der Waals surface area contributed by atoms with E-state index in [4.69, 9.17) is 0 Å². The van der Waals surface area contributed by atoms with Gasteiger partial charge in [0.25, 0.3) is 0 Å². The molecule has 2 heterocycles. The lowest BCUT2D eigenvalue weighted by Gasteiger charge is -2.42. The van der Waals surface area contributed by atoms with Crippen molar-refractivity contribution in [1.82, 2.24) is 10.2 Å². The van der Waals surface area contributed by atoms with Crippen molar-refractivity contribution in [1.29, 1.82) is 0 Å². The lowest BCUT2D eigenvalue weighted by atomic mass is 9.89. The molecule has 1 aliphatic rings. The topological polar surface area (TPSA) is 15.3 Å². The van der Waals surface area contributed by atoms with E-state index in [2.05, 4.69) is 55.4 Å². The fourth-order valence-electron chi connectivity index (χ4n) is 3.01. The van der Waals surface area contributed by atoms with Crippen LogP contribution in [0.3, 0.4) is 0 Å². The van der Waals surface area contributed by atoms with Crippen LogP contribution in [-0.4, -0.2) is 36.6 Å². The van der Waals surface area contributed by atoms with E-state index in [1.807, 2.05) is 11.3 Å². The van der Waals surface area contributed by atoms with E-state index in [0.29, 0.717) is 12.1 Å². The Morgan fingerprint density at radius 2 is 2.26 bits per heavy atom. The molecule has 0 aromatic carbocycles. The smallest absolute Gasteiger partial charge is 0.0195 e. The van der Waals surface area contributed by atoms with Gasteiger partial charge in [-0.1, -0.05) is 33.3 Å². The summed E-state index contributed by atoms with van der Waals surface area (Å²) in [5.41, 5.74) is 0.260. The molecule has 1 aromatic heterocycles. The maximum atomic E-state index is 3.68. The molecule has 2 unspecified atom stereocenters. The Kier molecular flexibility index (Phi) is 5.04. The molecule has 1 saturated heterocycles. The van der Waals surface area contributed by atoms with Gasteiger partial charge in [-0.3, -0.25) is 4.90 Å². The molecule has 1 fully saturated rings. The van der Waals surface area contributed by atoms with Gasteiger partial charge in [0.2, 0.25) is 0 Å². The molecule has 1 aliphatic heterocycles. The predicted octanol–water partition coefficient (Wildman–Crippen LogP) is 3.49. The second-order valence-corrected chi connectivity index (χ2v) is 7.48. The Bertz CT molecular complexity index is 372. The monoisotopic (exact) mass is 280 g/mol. The summed E-state index contributed by atoms with van der Waals surface area (Å²) in [5.74, 6) is 0. The normalized spacial score (nSPS) is 25.7. The number of rotatable bonds is 5. The molecule has 0 amide bonds. The third-order valence-corrected chi connectivity index (χ3v) is 5.44. The van der Waals surface area contributed by atoms with E-state index in [0.717, 1.165) is 13.1 Å². The van der Waals surface area contributed by atoms with Gasteiger partial charge in [0, 0.05) is 42.0 Å². The van der Waals surface area contributed by atoms with Crippen molar-refractivity contribution < 1.29 is 0 Å². The maximum absolute atomic E-state index is 3.68. The zero-order valence-corrected chi connectivity index (χ0v) is 13.6. The first-order valence-electron chi connectivity index (χ1n) is 7.54. The van der Waals surface area contributed by atoms with Crippen LogP contribution >= 0.6 is 11.3 Å². The van der Waals surface area contributed by atoms with Crippen molar-refractivity contribution in [2.75, 3.05) is 19.6 Å². The van der Waals surface area contributed by atoms with E-state index < -0.39 is 0 Å². The van der Waals surface area contributed by atoms with Gasteiger partial charge < -0.3 is 5.32 Å². The van der Waals surface area contributed by atoms with E-state index >= 15 is 0 Å². The Labute approximate surface area is 122 Å². The minimum atomic E-state index is 0.260. The Morgan fingerprint density at radius 3 is 2.89 bits per heavy atom. The van der Waals surface area contributed by atoms with Gasteiger partial charge in [-0.15, -0.1) is 11.3 Å². The van der Waals surface area contributed by atoms with Crippen molar-refractivity contribution in [3.05, 3.63) is 22.4 Å². The second kappa shape index (κ2) is 6.38. The molecule has 0 saturated carbocycles. The minimum Gasteiger partial charge on any atom is -0.311 e. The molecule has 2 atom stereocenters. The van der Waals surface area contributed by atoms with E-state index in [-0.39, 0.29) is 5.41 Å². The highest BCUT2D eigenvalue weighted by molar-refractivity contribution is 7.10. The number of nitrogens with zero attached hydrogens (tertiary/aromatic N) is 1. The first-order valence-corrected chi connectivity index (χ1v) is 8.42. The average Bonchev–Trinajstić information content (AvgIpc) is 2.88. The second-order valence-electron chi connectivity index (χ2n) is 6.53. The highest BCUT2D eigenvalue weighted by Crippen LogP contribution is 2.29. The highest BCUT2D eigenvalue weighted by Gasteiger charge is 2.31. The number of nitrogens with one attached hydrogen (secondary N) is 1. The Balaban J connectivity index is 2.00. The zero-order valence-electron chi connectivity index (χ0n) is 12.8. The average molecular weight is 280 g/mol. The molecule has 108 valence electrons. The number of hydrogen-bond acceptors (Lipinski definition) is 3. The molecular weight excluding hydrogens is 252 g/mol. The fourth-order valence-corrected chi connectivity index (χ4v) is 3.85. The predicted molar refractivity (Wildman–Crippen MR) is 85.1 cm³/mol. The number of piperazine rings is 1. The highest BCUT2D eigenvalue weighted by atomic mass is 32.1. The molecule has 1 N–H and O–H groups in total. The number of hydrogen-bond donors (Lipinski definition) is 1. The van der Waals surface area contributed by atoms with Crippen LogP contribution in [0.5, 0.6) is 0 Å². The summed E-state index contributed by atoms with van der Waals surface area (Å²) in [4.78, 5) is 4.18. The molecule has 0 bridgehead atoms. The first-order chi connectivity index (χ1) is 9.03. The summed E-state index contributed by atoms with van der Waals surface area (Å²) >= 11 is 1.89. The Hall–Kier alpha value is -0.380. The zero-order chi connectivity index (χ0) is 13.9. The van der Waals surface area contributed by atoms with Crippen molar-refractivity contribution in [3.63, 3.8) is 0 Å². The van der Waals surface area contributed by atoms with Gasteiger partial charge in [-0.2, -0.15) is 0 Å². The van der Waals surface area contributed by atoms with Crippen molar-refractivity contribution in [2.24, 2.45) is 0 Å². The maximum Gasteiger partial charge on any atom is 0.0195 e. The van der Waals surface area contributed by atoms with Gasteiger partial charge in [0.1, 0.15) is 0 Å². The third kappa shape index (κ3) is 3.80. The van der Waals surface area contributed by atoms with Crippen LogP contribution in [0, 0.1) is 0 Å². The van der Waals surface area contributed by atoms with Crippen molar-refractivity contribution in [3.8, 4) is 0 Å². The van der Waals surface area contributed by atoms with Crippen LogP contribution in [0.2, 0.25) is 0 Å². The van der Waals surface area contributed by atoms with Crippen LogP contribution in [0.4, 0.5) is 0 Å². The summed E-state index contributed by atoms with van der Waals surface area (Å²) in [6, 6.07) is 5.77. The van der Waals surface area contributed by atoms with E-state index in [1.54, 1.807) is 0 Å². The third-order valence-electron chi connectivity index (χ3n) is 4.20. The quantitative estimate of drug-likeness (QED) is 0.888. The summed E-state index contributed by atoms with van der Waals surface area (Å²) in [7, 11) is 0. The molecule has 1 aromatic rings. The van der Waals surface area contributed by atoms with Crippen molar-refractivity contribution >= 4 is 11.3 Å². The van der Waals surface area contributed by atoms with Gasteiger partial charge in [0.05, 0.1) is 0 Å².